The third-order valence-electron chi connectivity index (χ3n) is 3.94. The number of aromatic nitrogens is 2. The van der Waals surface area contributed by atoms with Gasteiger partial charge in [0, 0.05) is 18.5 Å². The minimum Gasteiger partial charge on any atom is -0.296 e. The molecule has 2 aliphatic rings. The summed E-state index contributed by atoms with van der Waals surface area (Å²) >= 11 is 0. The number of rotatable bonds is 0. The molecule has 2 heterocycles. The molecule has 0 aromatic carbocycles. The van der Waals surface area contributed by atoms with Gasteiger partial charge in [-0.1, -0.05) is 6.92 Å². The zero-order chi connectivity index (χ0) is 11.1. The summed E-state index contributed by atoms with van der Waals surface area (Å²) in [6.45, 7) is 3.04. The van der Waals surface area contributed by atoms with Gasteiger partial charge >= 0.3 is 0 Å². The average molecular weight is 218 g/mol. The molecule has 0 spiro atoms. The lowest BCUT2D eigenvalue weighted by Crippen LogP contribution is -2.34. The molecule has 0 fully saturated rings. The summed E-state index contributed by atoms with van der Waals surface area (Å²) in [7, 11) is 0. The molecule has 0 N–H and O–H groups in total. The van der Waals surface area contributed by atoms with Crippen LogP contribution in [0.15, 0.2) is 4.79 Å². The molecule has 0 bridgehead atoms. The zero-order valence-corrected chi connectivity index (χ0v) is 9.83. The number of hydrogen-bond donors (Lipinski definition) is 0. The van der Waals surface area contributed by atoms with Crippen LogP contribution in [0.2, 0.25) is 0 Å². The van der Waals surface area contributed by atoms with Crippen LogP contribution in [-0.4, -0.2) is 9.55 Å². The van der Waals surface area contributed by atoms with E-state index in [9.17, 15) is 4.79 Å². The van der Waals surface area contributed by atoms with Crippen LogP contribution >= 0.6 is 0 Å². The van der Waals surface area contributed by atoms with E-state index in [0.29, 0.717) is 5.92 Å². The predicted molar refractivity (Wildman–Crippen MR) is 62.8 cm³/mol. The second kappa shape index (κ2) is 3.72. The molecule has 0 amide bonds. The molecule has 0 saturated heterocycles. The van der Waals surface area contributed by atoms with Crippen molar-refractivity contribution >= 4 is 0 Å². The Balaban J connectivity index is 2.22. The Morgan fingerprint density at radius 1 is 1.25 bits per heavy atom. The molecule has 0 saturated carbocycles. The van der Waals surface area contributed by atoms with Gasteiger partial charge in [0.15, 0.2) is 0 Å². The van der Waals surface area contributed by atoms with E-state index < -0.39 is 0 Å². The van der Waals surface area contributed by atoms with Gasteiger partial charge in [-0.2, -0.15) is 0 Å². The Labute approximate surface area is 95.5 Å². The van der Waals surface area contributed by atoms with Gasteiger partial charge in [-0.15, -0.1) is 0 Å². The second-order valence-electron chi connectivity index (χ2n) is 5.10. The third kappa shape index (κ3) is 1.41. The number of fused-ring (bicyclic) bond motifs is 2. The van der Waals surface area contributed by atoms with E-state index in [0.717, 1.165) is 49.3 Å². The van der Waals surface area contributed by atoms with Crippen molar-refractivity contribution in [2.24, 2.45) is 0 Å². The lowest BCUT2D eigenvalue weighted by molar-refractivity contribution is 0.469. The molecule has 3 heteroatoms. The van der Waals surface area contributed by atoms with Crippen molar-refractivity contribution in [2.75, 3.05) is 0 Å². The second-order valence-corrected chi connectivity index (χ2v) is 5.10. The summed E-state index contributed by atoms with van der Waals surface area (Å²) in [5.41, 5.74) is 2.36. The smallest absolute Gasteiger partial charge is 0.257 e. The predicted octanol–water partition coefficient (Wildman–Crippen LogP) is 2.02. The van der Waals surface area contributed by atoms with Crippen molar-refractivity contribution in [2.45, 2.75) is 57.9 Å². The van der Waals surface area contributed by atoms with Crippen LogP contribution in [0.3, 0.4) is 0 Å². The van der Waals surface area contributed by atoms with E-state index in [-0.39, 0.29) is 5.56 Å². The van der Waals surface area contributed by atoms with Crippen LogP contribution in [0, 0.1) is 0 Å². The van der Waals surface area contributed by atoms with Gasteiger partial charge in [-0.05, 0) is 38.0 Å². The van der Waals surface area contributed by atoms with Gasteiger partial charge < -0.3 is 0 Å². The van der Waals surface area contributed by atoms with Crippen LogP contribution in [0.4, 0.5) is 0 Å². The molecule has 1 atom stereocenters. The maximum Gasteiger partial charge on any atom is 0.257 e. The van der Waals surface area contributed by atoms with Crippen LogP contribution in [0.5, 0.6) is 0 Å². The Kier molecular flexibility index (Phi) is 2.34. The Morgan fingerprint density at radius 3 is 3.00 bits per heavy atom. The highest BCUT2D eigenvalue weighted by molar-refractivity contribution is 5.25. The van der Waals surface area contributed by atoms with E-state index >= 15 is 0 Å². The van der Waals surface area contributed by atoms with Gasteiger partial charge in [0.25, 0.3) is 5.56 Å². The number of nitrogens with zero attached hydrogens (tertiary/aromatic N) is 2. The molecule has 16 heavy (non-hydrogen) atoms. The van der Waals surface area contributed by atoms with Crippen molar-refractivity contribution < 1.29 is 0 Å². The standard InChI is InChI=1S/C13H18N2O/c1-9-5-4-6-10-12(9)13(16)15-8-3-2-7-11(15)14-10/h9H,2-8H2,1H3. The maximum absolute atomic E-state index is 12.4. The fraction of sp³-hybridized carbons (Fsp3) is 0.692. The molecular formula is C13H18N2O. The Morgan fingerprint density at radius 2 is 2.12 bits per heavy atom. The normalized spacial score (nSPS) is 23.7. The summed E-state index contributed by atoms with van der Waals surface area (Å²) in [6, 6.07) is 0. The summed E-state index contributed by atoms with van der Waals surface area (Å²) < 4.78 is 1.92. The van der Waals surface area contributed by atoms with E-state index in [1.807, 2.05) is 4.57 Å². The first-order valence-electron chi connectivity index (χ1n) is 6.40. The molecule has 3 rings (SSSR count). The molecule has 86 valence electrons. The van der Waals surface area contributed by atoms with E-state index in [1.54, 1.807) is 0 Å². The maximum atomic E-state index is 12.4. The number of hydrogen-bond acceptors (Lipinski definition) is 2. The zero-order valence-electron chi connectivity index (χ0n) is 9.83. The van der Waals surface area contributed by atoms with Crippen LogP contribution in [0.25, 0.3) is 0 Å². The van der Waals surface area contributed by atoms with Gasteiger partial charge in [-0.3, -0.25) is 9.36 Å². The van der Waals surface area contributed by atoms with Gasteiger partial charge in [0.1, 0.15) is 5.82 Å². The lowest BCUT2D eigenvalue weighted by Gasteiger charge is -2.25. The quantitative estimate of drug-likeness (QED) is 0.667. The van der Waals surface area contributed by atoms with Crippen molar-refractivity contribution in [1.29, 1.82) is 0 Å². The largest absolute Gasteiger partial charge is 0.296 e. The first-order chi connectivity index (χ1) is 7.77. The van der Waals surface area contributed by atoms with Crippen molar-refractivity contribution in [3.05, 3.63) is 27.4 Å². The number of aryl methyl sites for hydroxylation is 2. The highest BCUT2D eigenvalue weighted by Gasteiger charge is 2.25. The van der Waals surface area contributed by atoms with Crippen LogP contribution in [0.1, 0.15) is 55.6 Å². The third-order valence-corrected chi connectivity index (χ3v) is 3.94. The van der Waals surface area contributed by atoms with Crippen LogP contribution < -0.4 is 5.56 Å². The van der Waals surface area contributed by atoms with Crippen molar-refractivity contribution in [3.8, 4) is 0 Å². The minimum atomic E-state index is 0.256. The Hall–Kier alpha value is -1.12. The molecule has 1 aliphatic carbocycles. The lowest BCUT2D eigenvalue weighted by atomic mass is 9.87. The first kappa shape index (κ1) is 10.1. The molecule has 1 aliphatic heterocycles. The summed E-state index contributed by atoms with van der Waals surface area (Å²) in [4.78, 5) is 17.1. The van der Waals surface area contributed by atoms with E-state index in [4.69, 9.17) is 4.98 Å². The van der Waals surface area contributed by atoms with E-state index in [1.165, 1.54) is 12.8 Å². The van der Waals surface area contributed by atoms with Crippen LogP contribution in [-0.2, 0) is 19.4 Å². The van der Waals surface area contributed by atoms with Gasteiger partial charge in [0.05, 0.1) is 5.69 Å². The van der Waals surface area contributed by atoms with Gasteiger partial charge in [-0.25, -0.2) is 4.98 Å². The minimum absolute atomic E-state index is 0.256. The van der Waals surface area contributed by atoms with E-state index in [2.05, 4.69) is 6.92 Å². The summed E-state index contributed by atoms with van der Waals surface area (Å²) in [6.07, 6.45) is 6.62. The SMILES string of the molecule is CC1CCCc2nc3n(c(=O)c21)CCCC3. The fourth-order valence-electron chi connectivity index (χ4n) is 3.04. The molecule has 1 unspecified atom stereocenters. The highest BCUT2D eigenvalue weighted by atomic mass is 16.1. The van der Waals surface area contributed by atoms with Gasteiger partial charge in [0.2, 0.25) is 0 Å². The Bertz CT molecular complexity index is 476. The summed E-state index contributed by atoms with van der Waals surface area (Å²) in [5.74, 6) is 1.44. The van der Waals surface area contributed by atoms with Crippen molar-refractivity contribution in [3.63, 3.8) is 0 Å². The molecule has 1 aromatic heterocycles. The first-order valence-corrected chi connectivity index (χ1v) is 6.40. The average Bonchev–Trinajstić information content (AvgIpc) is 2.29. The molecule has 3 nitrogen and oxygen atoms in total. The van der Waals surface area contributed by atoms with Crippen molar-refractivity contribution in [1.82, 2.24) is 9.55 Å². The molecular weight excluding hydrogens is 200 g/mol. The monoisotopic (exact) mass is 218 g/mol. The highest BCUT2D eigenvalue weighted by Crippen LogP contribution is 2.28. The molecule has 1 aromatic rings. The fourth-order valence-corrected chi connectivity index (χ4v) is 3.04. The molecule has 0 radical (unpaired) electrons. The summed E-state index contributed by atoms with van der Waals surface area (Å²) in [5, 5.41) is 0. The topological polar surface area (TPSA) is 34.9 Å².